The van der Waals surface area contributed by atoms with Crippen LogP contribution in [-0.4, -0.2) is 9.91 Å². The fraction of sp³-hybridized carbons (Fsp3) is 0.154. The number of hydrogen-bond acceptors (Lipinski definition) is 4. The number of nitrogens with zero attached hydrogens (tertiary/aromatic N) is 2. The van der Waals surface area contributed by atoms with Crippen molar-refractivity contribution in [2.45, 2.75) is 13.5 Å². The van der Waals surface area contributed by atoms with E-state index >= 15 is 0 Å². The van der Waals surface area contributed by atoms with E-state index in [4.69, 9.17) is 11.6 Å². The van der Waals surface area contributed by atoms with Crippen LogP contribution in [0.3, 0.4) is 0 Å². The third kappa shape index (κ3) is 3.46. The first-order valence-corrected chi connectivity index (χ1v) is 6.94. The van der Waals surface area contributed by atoms with Gasteiger partial charge in [-0.1, -0.05) is 11.6 Å². The van der Waals surface area contributed by atoms with Crippen molar-refractivity contribution in [3.8, 4) is 0 Å². The maximum atomic E-state index is 10.8. The van der Waals surface area contributed by atoms with E-state index in [9.17, 15) is 10.1 Å². The van der Waals surface area contributed by atoms with Gasteiger partial charge in [-0.05, 0) is 46.6 Å². The Morgan fingerprint density at radius 3 is 2.80 bits per heavy atom. The number of rotatable bonds is 4. The molecule has 1 aromatic heterocycles. The molecule has 2 rings (SSSR count). The summed E-state index contributed by atoms with van der Waals surface area (Å²) in [6, 6.07) is 8.10. The van der Waals surface area contributed by atoms with Crippen molar-refractivity contribution < 1.29 is 4.92 Å². The Kier molecular flexibility index (Phi) is 4.57. The molecule has 0 saturated carbocycles. The Hall–Kier alpha value is -1.66. The zero-order valence-electron chi connectivity index (χ0n) is 10.6. The van der Waals surface area contributed by atoms with Crippen molar-refractivity contribution in [1.29, 1.82) is 0 Å². The molecule has 1 aromatic carbocycles. The van der Waals surface area contributed by atoms with Crippen molar-refractivity contribution >= 4 is 38.9 Å². The molecule has 0 unspecified atom stereocenters. The zero-order chi connectivity index (χ0) is 14.7. The fourth-order valence-electron chi connectivity index (χ4n) is 1.72. The Labute approximate surface area is 129 Å². The molecule has 0 aliphatic carbocycles. The van der Waals surface area contributed by atoms with Crippen LogP contribution in [0.4, 0.5) is 11.4 Å². The van der Waals surface area contributed by atoms with E-state index in [0.717, 1.165) is 16.0 Å². The SMILES string of the molecule is Cc1nc(Br)ccc1NCc1cc([N+](=O)[O-])ccc1Cl. The summed E-state index contributed by atoms with van der Waals surface area (Å²) in [6.45, 7) is 2.27. The van der Waals surface area contributed by atoms with Gasteiger partial charge < -0.3 is 5.32 Å². The van der Waals surface area contributed by atoms with Crippen LogP contribution < -0.4 is 5.32 Å². The topological polar surface area (TPSA) is 68.1 Å². The van der Waals surface area contributed by atoms with E-state index < -0.39 is 4.92 Å². The van der Waals surface area contributed by atoms with Gasteiger partial charge in [-0.25, -0.2) is 4.98 Å². The van der Waals surface area contributed by atoms with Crippen LogP contribution in [0, 0.1) is 17.0 Å². The molecule has 0 atom stereocenters. The summed E-state index contributed by atoms with van der Waals surface area (Å²) in [7, 11) is 0. The lowest BCUT2D eigenvalue weighted by molar-refractivity contribution is -0.384. The van der Waals surface area contributed by atoms with Crippen LogP contribution in [0.5, 0.6) is 0 Å². The lowest BCUT2D eigenvalue weighted by atomic mass is 10.2. The van der Waals surface area contributed by atoms with Gasteiger partial charge in [0.05, 0.1) is 16.3 Å². The smallest absolute Gasteiger partial charge is 0.269 e. The molecule has 7 heteroatoms. The summed E-state index contributed by atoms with van der Waals surface area (Å²) in [6.07, 6.45) is 0. The van der Waals surface area contributed by atoms with Gasteiger partial charge in [0.2, 0.25) is 0 Å². The molecule has 0 bridgehead atoms. The Morgan fingerprint density at radius 1 is 1.40 bits per heavy atom. The predicted octanol–water partition coefficient (Wildman–Crippen LogP) is 4.33. The van der Waals surface area contributed by atoms with Crippen molar-refractivity contribution in [2.24, 2.45) is 0 Å². The molecule has 5 nitrogen and oxygen atoms in total. The van der Waals surface area contributed by atoms with E-state index in [2.05, 4.69) is 26.2 Å². The molecular weight excluding hydrogens is 346 g/mol. The van der Waals surface area contributed by atoms with E-state index in [1.807, 2.05) is 19.1 Å². The summed E-state index contributed by atoms with van der Waals surface area (Å²) in [5.74, 6) is 0. The second kappa shape index (κ2) is 6.19. The van der Waals surface area contributed by atoms with Crippen molar-refractivity contribution in [3.05, 3.63) is 61.3 Å². The van der Waals surface area contributed by atoms with E-state index in [1.54, 1.807) is 0 Å². The summed E-state index contributed by atoms with van der Waals surface area (Å²) in [5, 5.41) is 14.4. The van der Waals surface area contributed by atoms with Gasteiger partial charge in [0.25, 0.3) is 5.69 Å². The maximum absolute atomic E-state index is 10.8. The highest BCUT2D eigenvalue weighted by Gasteiger charge is 2.10. The second-order valence-electron chi connectivity index (χ2n) is 4.15. The second-order valence-corrected chi connectivity index (χ2v) is 5.37. The summed E-state index contributed by atoms with van der Waals surface area (Å²) >= 11 is 9.34. The Bertz CT molecular complexity index is 664. The van der Waals surface area contributed by atoms with Crippen LogP contribution >= 0.6 is 27.5 Å². The summed E-state index contributed by atoms with van der Waals surface area (Å²) in [4.78, 5) is 14.6. The van der Waals surface area contributed by atoms with Gasteiger partial charge >= 0.3 is 0 Å². The first kappa shape index (κ1) is 14.7. The van der Waals surface area contributed by atoms with Gasteiger partial charge in [-0.15, -0.1) is 0 Å². The minimum atomic E-state index is -0.438. The average molecular weight is 357 g/mol. The van der Waals surface area contributed by atoms with Crippen LogP contribution in [-0.2, 0) is 6.54 Å². The minimum absolute atomic E-state index is 0.0249. The molecular formula is C13H11BrClN3O2. The number of aryl methyl sites for hydroxylation is 1. The molecule has 0 saturated heterocycles. The number of nitro groups is 1. The summed E-state index contributed by atoms with van der Waals surface area (Å²) < 4.78 is 0.758. The number of nitro benzene ring substituents is 1. The highest BCUT2D eigenvalue weighted by Crippen LogP contribution is 2.24. The summed E-state index contributed by atoms with van der Waals surface area (Å²) in [5.41, 5.74) is 2.39. The Balaban J connectivity index is 2.18. The van der Waals surface area contributed by atoms with Crippen molar-refractivity contribution in [2.75, 3.05) is 5.32 Å². The number of nitrogens with one attached hydrogen (secondary N) is 1. The minimum Gasteiger partial charge on any atom is -0.379 e. The molecule has 1 heterocycles. The highest BCUT2D eigenvalue weighted by molar-refractivity contribution is 9.10. The largest absolute Gasteiger partial charge is 0.379 e. The molecule has 0 aliphatic rings. The monoisotopic (exact) mass is 355 g/mol. The zero-order valence-corrected chi connectivity index (χ0v) is 12.9. The highest BCUT2D eigenvalue weighted by atomic mass is 79.9. The van der Waals surface area contributed by atoms with Crippen LogP contribution in [0.25, 0.3) is 0 Å². The van der Waals surface area contributed by atoms with E-state index in [1.165, 1.54) is 18.2 Å². The van der Waals surface area contributed by atoms with Crippen LogP contribution in [0.1, 0.15) is 11.3 Å². The molecule has 1 N–H and O–H groups in total. The molecule has 0 spiro atoms. The molecule has 20 heavy (non-hydrogen) atoms. The normalized spacial score (nSPS) is 10.3. The molecule has 0 aliphatic heterocycles. The third-order valence-corrected chi connectivity index (χ3v) is 3.57. The first-order valence-electron chi connectivity index (χ1n) is 5.77. The standard InChI is InChI=1S/C13H11BrClN3O2/c1-8-12(4-5-13(14)17-8)16-7-9-6-10(18(19)20)2-3-11(9)15/h2-6,16H,7H2,1H3. The van der Waals surface area contributed by atoms with Crippen LogP contribution in [0.15, 0.2) is 34.9 Å². The number of anilines is 1. The lowest BCUT2D eigenvalue weighted by Crippen LogP contribution is -2.03. The van der Waals surface area contributed by atoms with Crippen molar-refractivity contribution in [1.82, 2.24) is 4.98 Å². The molecule has 2 aromatic rings. The molecule has 104 valence electrons. The Morgan fingerprint density at radius 2 is 2.15 bits per heavy atom. The average Bonchev–Trinajstić information content (AvgIpc) is 2.39. The van der Waals surface area contributed by atoms with E-state index in [-0.39, 0.29) is 5.69 Å². The van der Waals surface area contributed by atoms with Gasteiger partial charge in [0.15, 0.2) is 0 Å². The molecule has 0 fully saturated rings. The van der Waals surface area contributed by atoms with Crippen molar-refractivity contribution in [3.63, 3.8) is 0 Å². The number of halogens is 2. The van der Waals surface area contributed by atoms with Gasteiger partial charge in [0, 0.05) is 23.7 Å². The fourth-order valence-corrected chi connectivity index (χ4v) is 2.30. The predicted molar refractivity (Wildman–Crippen MR) is 82.1 cm³/mol. The van der Waals surface area contributed by atoms with Gasteiger partial charge in [0.1, 0.15) is 4.60 Å². The number of aromatic nitrogens is 1. The lowest BCUT2D eigenvalue weighted by Gasteiger charge is -2.10. The quantitative estimate of drug-likeness (QED) is 0.503. The molecule has 0 radical (unpaired) electrons. The number of non-ortho nitro benzene ring substituents is 1. The third-order valence-electron chi connectivity index (χ3n) is 2.76. The van der Waals surface area contributed by atoms with Crippen LogP contribution in [0.2, 0.25) is 5.02 Å². The van der Waals surface area contributed by atoms with Gasteiger partial charge in [-0.2, -0.15) is 0 Å². The van der Waals surface area contributed by atoms with Gasteiger partial charge in [-0.3, -0.25) is 10.1 Å². The van der Waals surface area contributed by atoms with E-state index in [0.29, 0.717) is 17.1 Å². The number of benzene rings is 1. The number of pyridine rings is 1. The number of hydrogen-bond donors (Lipinski definition) is 1. The first-order chi connectivity index (χ1) is 9.47. The maximum Gasteiger partial charge on any atom is 0.269 e. The molecule has 0 amide bonds.